The molecule has 3 aromatic heterocycles. The van der Waals surface area contributed by atoms with E-state index in [9.17, 15) is 33.8 Å². The van der Waals surface area contributed by atoms with Gasteiger partial charge in [0.2, 0.25) is 0 Å². The van der Waals surface area contributed by atoms with Crippen molar-refractivity contribution < 1.29 is 38.5 Å². The van der Waals surface area contributed by atoms with Gasteiger partial charge in [0.25, 0.3) is 0 Å². The fourth-order valence-electron chi connectivity index (χ4n) is 10.1. The molecule has 6 aromatic carbocycles. The van der Waals surface area contributed by atoms with Gasteiger partial charge in [-0.3, -0.25) is 19.2 Å². The maximum absolute atomic E-state index is 14.2. The highest BCUT2D eigenvalue weighted by Gasteiger charge is 2.37. The second kappa shape index (κ2) is 25.4. The van der Waals surface area contributed by atoms with Crippen LogP contribution >= 0.6 is 11.6 Å². The van der Waals surface area contributed by atoms with Crippen molar-refractivity contribution in [1.82, 2.24) is 13.7 Å². The summed E-state index contributed by atoms with van der Waals surface area (Å²) in [7, 11) is 0. The molecule has 0 fully saturated rings. The molecule has 0 aliphatic rings. The summed E-state index contributed by atoms with van der Waals surface area (Å²) in [6.45, 7) is 39.1. The number of aliphatic hydroxyl groups is 2. The number of aryl methyl sites for hydroxylation is 6. The molecule has 0 saturated heterocycles. The summed E-state index contributed by atoms with van der Waals surface area (Å²) in [5, 5.41) is 24.6. The Bertz CT molecular complexity index is 3950. The van der Waals surface area contributed by atoms with Crippen molar-refractivity contribution in [2.45, 2.75) is 125 Å². The van der Waals surface area contributed by atoms with Gasteiger partial charge in [0, 0.05) is 66.6 Å². The predicted octanol–water partition coefficient (Wildman–Crippen LogP) is 14.5. The number of halogens is 2. The van der Waals surface area contributed by atoms with E-state index in [0.29, 0.717) is 33.0 Å². The summed E-state index contributed by atoms with van der Waals surface area (Å²) in [5.41, 5.74) is 7.70. The molecule has 424 valence electrons. The Labute approximate surface area is 488 Å². The van der Waals surface area contributed by atoms with E-state index in [0.717, 1.165) is 71.9 Å². The molecule has 0 spiro atoms. The highest BCUT2D eigenvalue weighted by molar-refractivity contribution is 6.35. The Hall–Kier alpha value is -8.97. The minimum absolute atomic E-state index is 0.0333. The molecule has 15 heteroatoms. The van der Waals surface area contributed by atoms with Gasteiger partial charge >= 0.3 is 5.97 Å². The van der Waals surface area contributed by atoms with Crippen molar-refractivity contribution in [2.75, 3.05) is 0 Å². The second-order valence-corrected chi connectivity index (χ2v) is 22.5. The van der Waals surface area contributed by atoms with Crippen molar-refractivity contribution in [3.05, 3.63) is 229 Å². The molecule has 3 atom stereocenters. The lowest BCUT2D eigenvalue weighted by atomic mass is 9.93. The Kier molecular flexibility index (Phi) is 18.9. The molecule has 9 aromatic rings. The first-order valence-electron chi connectivity index (χ1n) is 26.8. The van der Waals surface area contributed by atoms with Crippen LogP contribution in [-0.2, 0) is 62.8 Å². The van der Waals surface area contributed by atoms with Gasteiger partial charge in [-0.05, 0) is 144 Å². The molecule has 2 N–H and O–H groups in total. The molecule has 0 aliphatic carbocycles. The Morgan fingerprint density at radius 1 is 0.530 bits per heavy atom. The molecule has 0 bridgehead atoms. The van der Waals surface area contributed by atoms with Crippen LogP contribution in [0, 0.1) is 67.1 Å². The summed E-state index contributed by atoms with van der Waals surface area (Å²) in [6.07, 6.45) is 5.27. The van der Waals surface area contributed by atoms with E-state index in [4.69, 9.17) is 36.1 Å². The zero-order valence-corrected chi connectivity index (χ0v) is 49.1. The first-order valence-corrected chi connectivity index (χ1v) is 27.2. The maximum atomic E-state index is 14.2. The lowest BCUT2D eigenvalue weighted by Gasteiger charge is -2.29. The van der Waals surface area contributed by atoms with Crippen molar-refractivity contribution in [2.24, 2.45) is 0 Å². The van der Waals surface area contributed by atoms with E-state index in [1.165, 1.54) is 27.0 Å². The lowest BCUT2D eigenvalue weighted by Crippen LogP contribution is -2.44. The number of carbonyl (C=O) groups excluding carboxylic acids is 4. The zero-order chi connectivity index (χ0) is 60.7. The van der Waals surface area contributed by atoms with E-state index in [-0.39, 0.29) is 62.1 Å². The van der Waals surface area contributed by atoms with E-state index >= 15 is 0 Å². The number of rotatable bonds is 16. The molecule has 0 unspecified atom stereocenters. The molecule has 83 heavy (non-hydrogen) atoms. The van der Waals surface area contributed by atoms with Gasteiger partial charge in [-0.25, -0.2) is 18.9 Å². The van der Waals surface area contributed by atoms with Gasteiger partial charge in [0.1, 0.15) is 17.0 Å². The smallest absolute Gasteiger partial charge is 0.303 e. The minimum Gasteiger partial charge on any atom is -0.450 e. The van der Waals surface area contributed by atoms with Crippen LogP contribution in [0.15, 0.2) is 134 Å². The van der Waals surface area contributed by atoms with Crippen LogP contribution in [0.1, 0.15) is 77.8 Å². The van der Waals surface area contributed by atoms with Crippen LogP contribution in [0.3, 0.4) is 0 Å². The molecule has 3 heterocycles. The number of ketones is 3. The summed E-state index contributed by atoms with van der Waals surface area (Å²) in [4.78, 5) is 60.7. The Morgan fingerprint density at radius 3 is 1.39 bits per heavy atom. The number of benzene rings is 6. The molecular formula is C68H66ClFN6O7. The van der Waals surface area contributed by atoms with Gasteiger partial charge in [0.15, 0.2) is 40.0 Å². The summed E-state index contributed by atoms with van der Waals surface area (Å²) in [6, 6.07) is 35.3. The van der Waals surface area contributed by atoms with Crippen molar-refractivity contribution in [3.8, 4) is 0 Å². The monoisotopic (exact) mass is 1130 g/mol. The molecule has 0 aliphatic heterocycles. The number of nitrogens with zero attached hydrogens (tertiary/aromatic N) is 6. The average molecular weight is 1130 g/mol. The number of hydrogen-bond acceptors (Lipinski definition) is 7. The molecule has 0 radical (unpaired) electrons. The van der Waals surface area contributed by atoms with Crippen LogP contribution < -0.4 is 0 Å². The number of aromatic nitrogens is 3. The SMILES string of the molecule is [C-]#[N+]c1ccc(CC(=O)[C@@](C)(O)Cn2cc(Cl)c3cc(C)ccc32)cc1C.[C-]#[N+]c1ccc(CC(=O)[C@@](C)(O)Cn2cc(F)c3cc(C)ccc32)cc1C.[C-]#[N+]c1ccc(CC(=O)[C@](C)(Cn2ccc3cc(C)ccc32)OC(C)=O)cc1C. The van der Waals surface area contributed by atoms with E-state index in [1.54, 1.807) is 72.3 Å². The van der Waals surface area contributed by atoms with Crippen molar-refractivity contribution >= 4 is 84.7 Å². The van der Waals surface area contributed by atoms with E-state index < -0.39 is 22.8 Å². The van der Waals surface area contributed by atoms with Crippen LogP contribution in [0.5, 0.6) is 0 Å². The largest absolute Gasteiger partial charge is 0.450 e. The van der Waals surface area contributed by atoms with Gasteiger partial charge in [-0.15, -0.1) is 0 Å². The van der Waals surface area contributed by atoms with Crippen LogP contribution in [0.4, 0.5) is 21.5 Å². The fourth-order valence-corrected chi connectivity index (χ4v) is 10.4. The molecule has 9 rings (SSSR count). The molecular weight excluding hydrogens is 1070 g/mol. The number of ether oxygens (including phenoxy) is 1. The number of fused-ring (bicyclic) bond motifs is 3. The normalized spacial score (nSPS) is 13.2. The summed E-state index contributed by atoms with van der Waals surface area (Å²) in [5.74, 6) is -1.68. The zero-order valence-electron chi connectivity index (χ0n) is 48.3. The van der Waals surface area contributed by atoms with E-state index in [2.05, 4.69) is 20.6 Å². The van der Waals surface area contributed by atoms with Crippen LogP contribution in [-0.4, -0.2) is 64.0 Å². The van der Waals surface area contributed by atoms with Crippen LogP contribution in [0.25, 0.3) is 47.2 Å². The quantitative estimate of drug-likeness (QED) is 0.0723. The third kappa shape index (κ3) is 14.8. The second-order valence-electron chi connectivity index (χ2n) is 22.1. The third-order valence-electron chi connectivity index (χ3n) is 14.7. The number of Topliss-reactive ketones (excluding diaryl/α,β-unsaturated/α-hetero) is 3. The highest BCUT2D eigenvalue weighted by Crippen LogP contribution is 2.31. The standard InChI is InChI=1S/C24H24N2O3.C22H21ClN2O2.C22H21FN2O2/c1-16-6-9-22-20(12-16)10-11-26(22)15-24(4,29-18(3)27)23(28)14-19-7-8-21(25-5)17(2)13-19;2*1-14-5-8-20-17(9-14)18(23)12-25(20)13-22(3,27)21(26)11-16-6-7-19(24-4)15(2)10-16/h6-13H,14-15H2,1-4H3;2*5-10,12,27H,11,13H2,1-3H3/t24-;2*22-/m000/s1. The molecule has 0 amide bonds. The van der Waals surface area contributed by atoms with Gasteiger partial charge in [0.05, 0.1) is 49.9 Å². The maximum Gasteiger partial charge on any atom is 0.303 e. The van der Waals surface area contributed by atoms with Gasteiger partial charge in [-0.2, -0.15) is 0 Å². The van der Waals surface area contributed by atoms with Crippen molar-refractivity contribution in [1.29, 1.82) is 0 Å². The van der Waals surface area contributed by atoms with Gasteiger partial charge < -0.3 is 28.7 Å². The molecule has 13 nitrogen and oxygen atoms in total. The predicted molar refractivity (Wildman–Crippen MR) is 325 cm³/mol. The first-order chi connectivity index (χ1) is 39.1. The average Bonchev–Trinajstić information content (AvgIpc) is 4.29. The minimum atomic E-state index is -1.64. The Morgan fingerprint density at radius 2 is 0.940 bits per heavy atom. The summed E-state index contributed by atoms with van der Waals surface area (Å²) >= 11 is 6.32. The van der Waals surface area contributed by atoms with Crippen LogP contribution in [0.2, 0.25) is 5.02 Å². The topological polar surface area (TPSA) is 146 Å². The van der Waals surface area contributed by atoms with Gasteiger partial charge in [-0.1, -0.05) is 101 Å². The Balaban J connectivity index is 0.000000179. The van der Waals surface area contributed by atoms with Crippen molar-refractivity contribution in [3.63, 3.8) is 0 Å². The number of esters is 1. The van der Waals surface area contributed by atoms with E-state index in [1.807, 2.05) is 111 Å². The number of carbonyl (C=O) groups is 4. The number of hydrogen-bond donors (Lipinski definition) is 2. The molecule has 0 saturated carbocycles. The third-order valence-corrected chi connectivity index (χ3v) is 15.0. The fraction of sp³-hybridized carbons (Fsp3) is 0.279. The lowest BCUT2D eigenvalue weighted by molar-refractivity contribution is -0.165. The summed E-state index contributed by atoms with van der Waals surface area (Å²) < 4.78 is 25.1. The first kappa shape index (κ1) is 61.6. The highest BCUT2D eigenvalue weighted by atomic mass is 35.5.